The number of nitrogens with zero attached hydrogens (tertiary/aromatic N) is 3. The summed E-state index contributed by atoms with van der Waals surface area (Å²) >= 11 is 0. The van der Waals surface area contributed by atoms with Crippen molar-refractivity contribution in [3.63, 3.8) is 0 Å². The number of alkyl halides is 3. The summed E-state index contributed by atoms with van der Waals surface area (Å²) in [7, 11) is 3.71. The monoisotopic (exact) mass is 271 g/mol. The second-order valence-corrected chi connectivity index (χ2v) is 3.18. The summed E-state index contributed by atoms with van der Waals surface area (Å²) in [5, 5.41) is 18.3. The maximum atomic E-state index is 10.6. The lowest BCUT2D eigenvalue weighted by atomic mass is 10.5. The van der Waals surface area contributed by atoms with Crippen molar-refractivity contribution in [1.82, 2.24) is 4.90 Å². The smallest absolute Gasteiger partial charge is 0.475 e. The highest BCUT2D eigenvalue weighted by molar-refractivity contribution is 6.28. The van der Waals surface area contributed by atoms with Crippen molar-refractivity contribution in [1.29, 1.82) is 0 Å². The summed E-state index contributed by atoms with van der Waals surface area (Å²) in [6.07, 6.45) is -2.76. The summed E-state index contributed by atoms with van der Waals surface area (Å²) in [4.78, 5) is 14.9. The van der Waals surface area contributed by atoms with Gasteiger partial charge in [0.05, 0.1) is 0 Å². The van der Waals surface area contributed by atoms with Crippen LogP contribution in [-0.4, -0.2) is 60.0 Å². The molecule has 0 radical (unpaired) electrons. The predicted molar refractivity (Wildman–Crippen MR) is 60.2 cm³/mol. The third-order valence-electron chi connectivity index (χ3n) is 1.37. The fourth-order valence-electron chi connectivity index (χ4n) is 0.576. The lowest BCUT2D eigenvalue weighted by Gasteiger charge is -2.10. The maximum Gasteiger partial charge on any atom is 0.490 e. The van der Waals surface area contributed by atoms with Gasteiger partial charge in [-0.15, -0.1) is 0 Å². The fourth-order valence-corrected chi connectivity index (χ4v) is 0.576. The molecule has 0 amide bonds. The zero-order chi connectivity index (χ0) is 14.8. The summed E-state index contributed by atoms with van der Waals surface area (Å²) in [5.41, 5.74) is 0. The Labute approximate surface area is 102 Å². The maximum absolute atomic E-state index is 10.6. The molecule has 0 fully saturated rings. The summed E-state index contributed by atoms with van der Waals surface area (Å²) in [5.74, 6) is -2.07. The molecule has 0 unspecified atom stereocenters. The van der Waals surface area contributed by atoms with Gasteiger partial charge in [-0.25, -0.2) is 4.79 Å². The Morgan fingerprint density at radius 2 is 1.83 bits per heavy atom. The van der Waals surface area contributed by atoms with Crippen LogP contribution < -0.4 is 0 Å². The molecule has 106 valence electrons. The molecular formula is C9H16F3N3O3. The molecule has 0 aromatic heterocycles. The molecule has 0 atom stereocenters. The molecule has 0 rings (SSSR count). The first-order chi connectivity index (χ1) is 8.16. The van der Waals surface area contributed by atoms with Crippen LogP contribution in [0.5, 0.6) is 0 Å². The van der Waals surface area contributed by atoms with Crippen molar-refractivity contribution >= 4 is 18.0 Å². The summed E-state index contributed by atoms with van der Waals surface area (Å²) in [6.45, 7) is 2.81. The molecule has 0 aliphatic heterocycles. The van der Waals surface area contributed by atoms with E-state index >= 15 is 0 Å². The zero-order valence-corrected chi connectivity index (χ0v) is 10.3. The second-order valence-electron chi connectivity index (χ2n) is 3.18. The van der Waals surface area contributed by atoms with Crippen LogP contribution in [0.3, 0.4) is 0 Å². The number of hydrogen-bond donors (Lipinski definition) is 2. The summed E-state index contributed by atoms with van der Waals surface area (Å²) < 4.78 is 31.7. The Morgan fingerprint density at radius 1 is 1.39 bits per heavy atom. The van der Waals surface area contributed by atoms with Gasteiger partial charge < -0.3 is 15.2 Å². The van der Waals surface area contributed by atoms with Crippen LogP contribution in [0, 0.1) is 0 Å². The average Bonchev–Trinajstić information content (AvgIpc) is 2.23. The van der Waals surface area contributed by atoms with Crippen LogP contribution in [0.15, 0.2) is 10.1 Å². The van der Waals surface area contributed by atoms with Crippen molar-refractivity contribution < 1.29 is 28.3 Å². The molecule has 6 nitrogen and oxygen atoms in total. The van der Waals surface area contributed by atoms with Crippen LogP contribution in [-0.2, 0) is 4.79 Å². The van der Waals surface area contributed by atoms with E-state index in [4.69, 9.17) is 15.1 Å². The Hall–Kier alpha value is -1.80. The number of carbonyl (C=O) groups is 1. The molecule has 0 heterocycles. The number of carboxylic acids is 1. The Bertz CT molecular complexity index is 301. The molecule has 2 N–H and O–H groups in total. The van der Waals surface area contributed by atoms with Crippen molar-refractivity contribution in [2.24, 2.45) is 10.1 Å². The third kappa shape index (κ3) is 10.7. The Balaban J connectivity index is 0. The number of amidine groups is 1. The highest BCUT2D eigenvalue weighted by Crippen LogP contribution is 2.13. The van der Waals surface area contributed by atoms with Gasteiger partial charge in [-0.3, -0.25) is 4.99 Å². The molecule has 0 aliphatic carbocycles. The molecule has 0 saturated heterocycles. The topological polar surface area (TPSA) is 85.5 Å². The third-order valence-corrected chi connectivity index (χ3v) is 1.37. The van der Waals surface area contributed by atoms with Gasteiger partial charge in [-0.05, 0) is 6.42 Å². The fraction of sp³-hybridized carbons (Fsp3) is 0.667. The van der Waals surface area contributed by atoms with Gasteiger partial charge >= 0.3 is 12.1 Å². The molecule has 0 aromatic rings. The number of halogens is 3. The van der Waals surface area contributed by atoms with E-state index in [1.807, 2.05) is 21.0 Å². The van der Waals surface area contributed by atoms with E-state index in [1.165, 1.54) is 6.21 Å². The largest absolute Gasteiger partial charge is 0.490 e. The SMILES string of the molecule is CCCN=C(/C=N/O)N(C)C.O=C(O)C(F)(F)F. The lowest BCUT2D eigenvalue weighted by Crippen LogP contribution is -2.23. The predicted octanol–water partition coefficient (Wildman–Crippen LogP) is 1.45. The molecule has 18 heavy (non-hydrogen) atoms. The van der Waals surface area contributed by atoms with E-state index < -0.39 is 12.1 Å². The van der Waals surface area contributed by atoms with Gasteiger partial charge in [-0.1, -0.05) is 12.1 Å². The number of carboxylic acid groups (broad SMARTS) is 1. The highest BCUT2D eigenvalue weighted by Gasteiger charge is 2.38. The standard InChI is InChI=1S/C7H15N3O.C2HF3O2/c1-4-5-8-7(6-9-11)10(2)3;3-2(4,5)1(6)7/h6,11H,4-5H2,1-3H3;(H,6,7)/b8-7?,9-6+;. The molecule has 0 saturated carbocycles. The first kappa shape index (κ1) is 18.6. The van der Waals surface area contributed by atoms with E-state index in [9.17, 15) is 13.2 Å². The minimum atomic E-state index is -5.08. The molecular weight excluding hydrogens is 255 g/mol. The zero-order valence-electron chi connectivity index (χ0n) is 10.3. The van der Waals surface area contributed by atoms with E-state index in [0.29, 0.717) is 5.84 Å². The first-order valence-electron chi connectivity index (χ1n) is 4.86. The molecule has 0 spiro atoms. The van der Waals surface area contributed by atoms with Crippen LogP contribution >= 0.6 is 0 Å². The number of rotatable bonds is 3. The summed E-state index contributed by atoms with van der Waals surface area (Å²) in [6, 6.07) is 0. The van der Waals surface area contributed by atoms with Crippen molar-refractivity contribution in [3.05, 3.63) is 0 Å². The number of aliphatic imine (C=N–C) groups is 1. The highest BCUT2D eigenvalue weighted by atomic mass is 19.4. The first-order valence-corrected chi connectivity index (χ1v) is 4.86. The molecule has 0 bridgehead atoms. The lowest BCUT2D eigenvalue weighted by molar-refractivity contribution is -0.192. The van der Waals surface area contributed by atoms with Crippen molar-refractivity contribution in [3.8, 4) is 0 Å². The van der Waals surface area contributed by atoms with Gasteiger partial charge in [0.1, 0.15) is 12.1 Å². The van der Waals surface area contributed by atoms with Crippen LogP contribution in [0.1, 0.15) is 13.3 Å². The van der Waals surface area contributed by atoms with E-state index in [1.54, 1.807) is 4.90 Å². The minimum Gasteiger partial charge on any atom is -0.475 e. The van der Waals surface area contributed by atoms with Gasteiger partial charge in [-0.2, -0.15) is 13.2 Å². The van der Waals surface area contributed by atoms with Crippen molar-refractivity contribution in [2.45, 2.75) is 19.5 Å². The van der Waals surface area contributed by atoms with Gasteiger partial charge in [0, 0.05) is 20.6 Å². The van der Waals surface area contributed by atoms with Gasteiger partial charge in [0.15, 0.2) is 0 Å². The minimum absolute atomic E-state index is 0.689. The number of hydrogen-bond acceptors (Lipinski definition) is 4. The number of aliphatic carboxylic acids is 1. The van der Waals surface area contributed by atoms with Crippen LogP contribution in [0.25, 0.3) is 0 Å². The van der Waals surface area contributed by atoms with Crippen LogP contribution in [0.4, 0.5) is 13.2 Å². The molecule has 0 aromatic carbocycles. The van der Waals surface area contributed by atoms with E-state index in [0.717, 1.165) is 13.0 Å². The van der Waals surface area contributed by atoms with Gasteiger partial charge in [0.25, 0.3) is 0 Å². The van der Waals surface area contributed by atoms with E-state index in [-0.39, 0.29) is 0 Å². The molecule has 9 heteroatoms. The number of oxime groups is 1. The van der Waals surface area contributed by atoms with E-state index in [2.05, 4.69) is 10.1 Å². The Kier molecular flexibility index (Phi) is 9.54. The quantitative estimate of drug-likeness (QED) is 0.352. The normalized spacial score (nSPS) is 12.0. The second kappa shape index (κ2) is 9.25. The molecule has 0 aliphatic rings. The van der Waals surface area contributed by atoms with Crippen LogP contribution in [0.2, 0.25) is 0 Å². The average molecular weight is 271 g/mol. The Morgan fingerprint density at radius 3 is 2.06 bits per heavy atom. The van der Waals surface area contributed by atoms with Gasteiger partial charge in [0.2, 0.25) is 0 Å². The van der Waals surface area contributed by atoms with Crippen molar-refractivity contribution in [2.75, 3.05) is 20.6 Å².